The lowest BCUT2D eigenvalue weighted by Gasteiger charge is -2.23. The molecule has 600 valence electrons. The topological polar surface area (TPSA) is 262 Å². The largest absolute Gasteiger partial charge is 0.491 e. The number of aliphatic hydroxyl groups is 1. The third kappa shape index (κ3) is 26.8. The number of halogens is 3. The Morgan fingerprint density at radius 3 is 1.09 bits per heavy atom. The Labute approximate surface area is 676 Å². The van der Waals surface area contributed by atoms with Crippen molar-refractivity contribution in [2.75, 3.05) is 76.7 Å². The monoisotopic (exact) mass is 1620 g/mol. The van der Waals surface area contributed by atoms with Gasteiger partial charge in [0, 0.05) is 115 Å². The molecule has 0 aliphatic carbocycles. The predicted molar refractivity (Wildman–Crippen MR) is 463 cm³/mol. The highest BCUT2D eigenvalue weighted by atomic mass is 32.1. The summed E-state index contributed by atoms with van der Waals surface area (Å²) in [6.07, 6.45) is -4.26. The van der Waals surface area contributed by atoms with Gasteiger partial charge in [0.05, 0.1) is 76.3 Å². The van der Waals surface area contributed by atoms with Gasteiger partial charge in [-0.25, -0.2) is 53.0 Å². The predicted octanol–water partition coefficient (Wildman–Crippen LogP) is 21.9. The van der Waals surface area contributed by atoms with Crippen LogP contribution in [0.2, 0.25) is 0 Å². The van der Waals surface area contributed by atoms with E-state index in [1.807, 2.05) is 177 Å². The zero-order valence-electron chi connectivity index (χ0n) is 66.1. The molecule has 0 saturated heterocycles. The quantitative estimate of drug-likeness (QED) is 0.0160. The number of aliphatic hydroxyl groups excluding tert-OH is 1. The first kappa shape index (κ1) is 87.9. The van der Waals surface area contributed by atoms with E-state index in [0.29, 0.717) is 65.3 Å². The van der Waals surface area contributed by atoms with Gasteiger partial charge < -0.3 is 70.9 Å². The minimum atomic E-state index is -4.30. The van der Waals surface area contributed by atoms with Crippen LogP contribution in [0, 0.1) is 13.1 Å². The lowest BCUT2D eigenvalue weighted by atomic mass is 10.1. The van der Waals surface area contributed by atoms with E-state index in [9.17, 15) is 13.2 Å². The van der Waals surface area contributed by atoms with Crippen LogP contribution < -0.4 is 60.9 Å². The standard InChI is InChI=1S/C22H27N5OS.C20H23F3N4OS.C20H23N5OS.C20H25N3O3S.CH4/c1-14(2)25-21-27-19(13-29-21)18-12-20(28-22(3,4)5)16-8-7-15(11-17(16)26-18)24-10-9-23-6;1-11(2)25-19-27-17(9-29-19)16-8-18(28-12(3)4)14-6-5-13(7-15(14)26-16)24-10-20(21,22)23;1-12(2)23-20-25-18(10-27-20)17-9-19(26-13(3)4)15-7-6-14(22-11-21-5)8-16(15)24-17;1-12(2)21-20-23-18(11-27-20)17-10-19(26-13(3)4)15-6-5-14(25-8-7-24)9-16(15)22-17;/h7-8,11-14,24H,9-10H2,1-5H3,(H,25,27);5-9,11-12,24H,10H2,1-4H3,(H,25,27);6-10,12-13,22H,11H2,1-4H3,(H,23,25);5-6,9-13,24H,7-8H2,1-4H3,(H,21,23);1H4. The number of ether oxygens (including phenoxy) is 5. The molecule has 0 spiro atoms. The average molecular weight is 1620 g/mol. The van der Waals surface area contributed by atoms with E-state index in [1.54, 1.807) is 52.2 Å². The summed E-state index contributed by atoms with van der Waals surface area (Å²) in [6.45, 7) is 48.8. The van der Waals surface area contributed by atoms with Crippen LogP contribution in [-0.2, 0) is 0 Å². The number of nitrogens with one attached hydrogen (secondary N) is 7. The van der Waals surface area contributed by atoms with E-state index in [4.69, 9.17) is 56.9 Å². The second-order valence-electron chi connectivity index (χ2n) is 28.8. The maximum absolute atomic E-state index is 12.5. The van der Waals surface area contributed by atoms with Crippen molar-refractivity contribution >= 4 is 127 Å². The molecule has 4 aromatic carbocycles. The summed E-state index contributed by atoms with van der Waals surface area (Å²) in [5, 5.41) is 45.8. The van der Waals surface area contributed by atoms with Gasteiger partial charge in [-0.2, -0.15) is 13.2 Å². The number of anilines is 7. The fourth-order valence-corrected chi connectivity index (χ4v) is 14.2. The molecule has 0 fully saturated rings. The first-order chi connectivity index (χ1) is 53.3. The molecular weight excluding hydrogens is 1520 g/mol. The van der Waals surface area contributed by atoms with Crippen molar-refractivity contribution in [2.45, 2.75) is 179 Å². The fourth-order valence-electron chi connectivity index (χ4n) is 10.8. The smallest absolute Gasteiger partial charge is 0.405 e. The van der Waals surface area contributed by atoms with Crippen LogP contribution in [-0.4, -0.2) is 139 Å². The van der Waals surface area contributed by atoms with E-state index in [1.165, 1.54) is 11.3 Å². The minimum Gasteiger partial charge on any atom is -0.491 e. The van der Waals surface area contributed by atoms with Gasteiger partial charge in [0.1, 0.15) is 70.3 Å². The molecular formula is C83H102F3N17O6S4. The van der Waals surface area contributed by atoms with Crippen LogP contribution in [0.5, 0.6) is 28.7 Å². The highest BCUT2D eigenvalue weighted by Gasteiger charge is 2.27. The van der Waals surface area contributed by atoms with E-state index in [0.717, 1.165) is 121 Å². The first-order valence-electron chi connectivity index (χ1n) is 36.8. The van der Waals surface area contributed by atoms with Crippen molar-refractivity contribution in [3.63, 3.8) is 0 Å². The molecule has 23 nitrogen and oxygen atoms in total. The molecule has 0 amide bonds. The number of hydrogen-bond acceptors (Lipinski definition) is 25. The Balaban J connectivity index is 0.000000188. The Morgan fingerprint density at radius 2 is 0.761 bits per heavy atom. The molecule has 0 radical (unpaired) electrons. The number of thiazole rings is 4. The van der Waals surface area contributed by atoms with Crippen molar-refractivity contribution in [3.8, 4) is 74.3 Å². The number of rotatable bonds is 29. The summed E-state index contributed by atoms with van der Waals surface area (Å²) < 4.78 is 67.3. The number of nitrogens with zero attached hydrogens (tertiary/aromatic N) is 10. The number of benzene rings is 4. The van der Waals surface area contributed by atoms with E-state index >= 15 is 0 Å². The number of hydrogen-bond donors (Lipinski definition) is 8. The molecule has 12 aromatic rings. The first-order valence-corrected chi connectivity index (χ1v) is 40.4. The third-order valence-corrected chi connectivity index (χ3v) is 18.1. The normalized spacial score (nSPS) is 11.4. The summed E-state index contributed by atoms with van der Waals surface area (Å²) in [6, 6.07) is 31.3. The molecule has 8 heterocycles. The summed E-state index contributed by atoms with van der Waals surface area (Å²) in [5.41, 5.74) is 10.8. The minimum absolute atomic E-state index is 0. The van der Waals surface area contributed by atoms with Crippen LogP contribution in [0.15, 0.2) is 119 Å². The van der Waals surface area contributed by atoms with Crippen molar-refractivity contribution in [3.05, 3.63) is 141 Å². The van der Waals surface area contributed by atoms with Crippen molar-refractivity contribution in [1.82, 2.24) is 39.9 Å². The SMILES string of the molecule is C.CC(C)Nc1nc(-c2cc(OC(C)C)c3ccc(NCC(F)(F)F)cc3n2)cs1.CC(C)Nc1nc(-c2cc(OC(C)C)c3ccc(OCCO)cc3n2)cs1.[C-]#[N+]CCNc1ccc2c(OC(C)(C)C)cc(-c3csc(NC(C)C)n3)nc2c1.[C-]#[N+]CNc1ccc2c(OC(C)C)cc(-c3csc(NC(C)C)n3)nc2c1. The molecule has 30 heteroatoms. The Bertz CT molecular complexity index is 5180. The van der Waals surface area contributed by atoms with Gasteiger partial charge in [-0.05, 0) is 184 Å². The average Bonchev–Trinajstić information content (AvgIpc) is 1.78. The molecule has 0 unspecified atom stereocenters. The second kappa shape index (κ2) is 40.7. The number of pyridine rings is 4. The third-order valence-electron chi connectivity index (χ3n) is 15.0. The molecule has 0 saturated carbocycles. The Hall–Kier alpha value is -10.6. The van der Waals surface area contributed by atoms with Crippen molar-refractivity contribution < 1.29 is 42.0 Å². The zero-order valence-corrected chi connectivity index (χ0v) is 69.3. The molecule has 0 bridgehead atoms. The molecule has 12 rings (SSSR count). The molecule has 0 aliphatic rings. The summed E-state index contributed by atoms with van der Waals surface area (Å²) in [7, 11) is 0. The number of alkyl halides is 3. The molecule has 0 aliphatic heterocycles. The number of aromatic nitrogens is 8. The second-order valence-corrected chi connectivity index (χ2v) is 32.2. The van der Waals surface area contributed by atoms with Gasteiger partial charge in [-0.15, -0.1) is 45.3 Å². The van der Waals surface area contributed by atoms with Gasteiger partial charge in [0.2, 0.25) is 6.54 Å². The van der Waals surface area contributed by atoms with Crippen LogP contribution >= 0.6 is 45.3 Å². The summed E-state index contributed by atoms with van der Waals surface area (Å²) >= 11 is 6.16. The summed E-state index contributed by atoms with van der Waals surface area (Å²) in [5.74, 6) is 3.63. The number of fused-ring (bicyclic) bond motifs is 4. The van der Waals surface area contributed by atoms with E-state index in [2.05, 4.69) is 113 Å². The summed E-state index contributed by atoms with van der Waals surface area (Å²) in [4.78, 5) is 44.3. The van der Waals surface area contributed by atoms with Crippen LogP contribution in [0.3, 0.4) is 0 Å². The molecule has 0 atom stereocenters. The Morgan fingerprint density at radius 1 is 0.425 bits per heavy atom. The van der Waals surface area contributed by atoms with Crippen LogP contribution in [0.25, 0.3) is 98.9 Å². The van der Waals surface area contributed by atoms with Crippen molar-refractivity contribution in [2.24, 2.45) is 0 Å². The van der Waals surface area contributed by atoms with E-state index < -0.39 is 12.7 Å². The van der Waals surface area contributed by atoms with Gasteiger partial charge in [-0.3, -0.25) is 4.85 Å². The highest BCUT2D eigenvalue weighted by Crippen LogP contribution is 2.40. The zero-order chi connectivity index (χ0) is 81.0. The lowest BCUT2D eigenvalue weighted by Crippen LogP contribution is -2.23. The maximum Gasteiger partial charge on any atom is 0.405 e. The Kier molecular flexibility index (Phi) is 31.7. The maximum atomic E-state index is 12.5. The van der Waals surface area contributed by atoms with Crippen LogP contribution in [0.4, 0.5) is 50.8 Å². The van der Waals surface area contributed by atoms with Gasteiger partial charge in [0.15, 0.2) is 20.5 Å². The lowest BCUT2D eigenvalue weighted by molar-refractivity contribution is -0.115. The van der Waals surface area contributed by atoms with E-state index in [-0.39, 0.29) is 57.3 Å². The fraction of sp³-hybridized carbons (Fsp3) is 0.398. The van der Waals surface area contributed by atoms with Gasteiger partial charge >= 0.3 is 6.18 Å². The van der Waals surface area contributed by atoms with Gasteiger partial charge in [0.25, 0.3) is 6.67 Å². The van der Waals surface area contributed by atoms with Crippen LogP contribution in [0.1, 0.15) is 125 Å². The molecule has 113 heavy (non-hydrogen) atoms. The molecule has 8 N–H and O–H groups in total. The highest BCUT2D eigenvalue weighted by molar-refractivity contribution is 7.15. The molecule has 8 aromatic heterocycles. The van der Waals surface area contributed by atoms with Gasteiger partial charge in [-0.1, -0.05) is 7.43 Å². The van der Waals surface area contributed by atoms with Crippen molar-refractivity contribution in [1.29, 1.82) is 0 Å².